The molecule has 13 nitrogen and oxygen atoms in total. The Labute approximate surface area is 222 Å². The smallest absolute Gasteiger partial charge is 0.311 e. The van der Waals surface area contributed by atoms with Gasteiger partial charge in [-0.15, -0.1) is 0 Å². The number of hydrogen-bond acceptors (Lipinski definition) is 10. The average molecular weight is 547 g/mol. The number of phenolic OH excluding ortho intramolecular Hbond substituents is 2. The molecule has 0 saturated carbocycles. The summed E-state index contributed by atoms with van der Waals surface area (Å²) >= 11 is 0. The minimum absolute atomic E-state index is 0.00565. The number of aromatic nitrogens is 1. The largest absolute Gasteiger partial charge is 0.508 e. The molecule has 0 bridgehead atoms. The molecule has 40 heavy (non-hydrogen) atoms. The van der Waals surface area contributed by atoms with E-state index in [0.717, 1.165) is 0 Å². The minimum Gasteiger partial charge on any atom is -0.508 e. The topological polar surface area (TPSA) is 215 Å². The Kier molecular flexibility index (Phi) is 5.98. The number of rotatable bonds is 4. The van der Waals surface area contributed by atoms with Gasteiger partial charge in [-0.05, 0) is 50.6 Å². The highest BCUT2D eigenvalue weighted by Gasteiger charge is 2.25. The molecule has 2 aromatic carbocycles. The number of fused-ring (bicyclic) bond motifs is 2. The van der Waals surface area contributed by atoms with Gasteiger partial charge < -0.3 is 44.9 Å². The van der Waals surface area contributed by atoms with Gasteiger partial charge in [0.1, 0.15) is 28.4 Å². The third kappa shape index (κ3) is 3.96. The van der Waals surface area contributed by atoms with Crippen molar-refractivity contribution < 1.29 is 38.8 Å². The predicted molar refractivity (Wildman–Crippen MR) is 143 cm³/mol. The second-order valence-corrected chi connectivity index (χ2v) is 9.01. The standard InChI is InChI=1S/C27H21N3O10/c1-9-14(24(35)29-18-20(33)12-4-6-15(31)10(2)22(12)39-26(18)37)8-28-17(9)25(36)30-19-21(34)13-5-7-16(32)11(3)23(13)40-27(19)38/h4-8,28,31-32,37-38H,1-3H3,(H,29,35)(H,30,36). The molecule has 0 atom stereocenters. The fraction of sp³-hybridized carbons (Fsp3) is 0.111. The van der Waals surface area contributed by atoms with E-state index in [2.05, 4.69) is 15.6 Å². The fourth-order valence-electron chi connectivity index (χ4n) is 4.29. The van der Waals surface area contributed by atoms with E-state index in [0.29, 0.717) is 0 Å². The number of hydrogen-bond donors (Lipinski definition) is 7. The molecular formula is C27H21N3O10. The lowest BCUT2D eigenvalue weighted by Gasteiger charge is -2.10. The maximum absolute atomic E-state index is 13.0. The summed E-state index contributed by atoms with van der Waals surface area (Å²) < 4.78 is 10.5. The van der Waals surface area contributed by atoms with Crippen LogP contribution >= 0.6 is 0 Å². The highest BCUT2D eigenvalue weighted by Crippen LogP contribution is 2.32. The van der Waals surface area contributed by atoms with Crippen molar-refractivity contribution in [1.29, 1.82) is 0 Å². The van der Waals surface area contributed by atoms with Crippen molar-refractivity contribution in [2.75, 3.05) is 10.6 Å². The Balaban J connectivity index is 1.44. The number of amides is 2. The molecule has 2 amide bonds. The fourth-order valence-corrected chi connectivity index (χ4v) is 4.29. The number of aryl methyl sites for hydroxylation is 2. The average Bonchev–Trinajstić information content (AvgIpc) is 3.30. The van der Waals surface area contributed by atoms with E-state index < -0.39 is 45.9 Å². The lowest BCUT2D eigenvalue weighted by atomic mass is 10.1. The number of benzene rings is 2. The normalized spacial score (nSPS) is 11.2. The minimum atomic E-state index is -0.891. The molecule has 0 aliphatic rings. The third-order valence-electron chi connectivity index (χ3n) is 6.61. The Bertz CT molecular complexity index is 1870. The van der Waals surface area contributed by atoms with E-state index in [4.69, 9.17) is 8.83 Å². The third-order valence-corrected chi connectivity index (χ3v) is 6.61. The zero-order valence-corrected chi connectivity index (χ0v) is 21.1. The van der Waals surface area contributed by atoms with Gasteiger partial charge in [0.2, 0.25) is 10.9 Å². The van der Waals surface area contributed by atoms with Crippen LogP contribution in [0.2, 0.25) is 0 Å². The highest BCUT2D eigenvalue weighted by atomic mass is 16.5. The van der Waals surface area contributed by atoms with Crippen LogP contribution in [0.25, 0.3) is 21.9 Å². The zero-order chi connectivity index (χ0) is 29.0. The Morgan fingerprint density at radius 1 is 0.700 bits per heavy atom. The number of aromatic hydroxyl groups is 4. The molecule has 3 heterocycles. The van der Waals surface area contributed by atoms with Crippen LogP contribution in [0.15, 0.2) is 48.9 Å². The van der Waals surface area contributed by atoms with Gasteiger partial charge in [-0.25, -0.2) is 0 Å². The Morgan fingerprint density at radius 2 is 1.15 bits per heavy atom. The molecule has 13 heteroatoms. The number of anilines is 2. The van der Waals surface area contributed by atoms with Crippen LogP contribution in [0.1, 0.15) is 37.5 Å². The summed E-state index contributed by atoms with van der Waals surface area (Å²) in [6, 6.07) is 5.11. The van der Waals surface area contributed by atoms with Gasteiger partial charge in [-0.2, -0.15) is 0 Å². The van der Waals surface area contributed by atoms with Gasteiger partial charge >= 0.3 is 11.9 Å². The SMILES string of the molecule is Cc1c(C(=O)Nc2c(O)oc3c(C)c(O)ccc3c2=O)c[nH]c1C(=O)Nc1c(O)oc2c(C)c(O)ccc2c1=O. The molecular weight excluding hydrogens is 526 g/mol. The zero-order valence-electron chi connectivity index (χ0n) is 21.1. The van der Waals surface area contributed by atoms with Gasteiger partial charge in [-0.3, -0.25) is 19.2 Å². The van der Waals surface area contributed by atoms with Crippen LogP contribution in [0.4, 0.5) is 11.4 Å². The lowest BCUT2D eigenvalue weighted by Crippen LogP contribution is -2.21. The summed E-state index contributed by atoms with van der Waals surface area (Å²) in [4.78, 5) is 54.4. The monoisotopic (exact) mass is 547 g/mol. The van der Waals surface area contributed by atoms with E-state index in [1.165, 1.54) is 51.2 Å². The molecule has 5 aromatic rings. The maximum atomic E-state index is 13.0. The van der Waals surface area contributed by atoms with E-state index in [1.54, 1.807) is 0 Å². The number of H-pyrrole nitrogens is 1. The molecule has 0 radical (unpaired) electrons. The van der Waals surface area contributed by atoms with Gasteiger partial charge in [0.05, 0.1) is 16.3 Å². The molecule has 0 unspecified atom stereocenters. The van der Waals surface area contributed by atoms with Crippen molar-refractivity contribution >= 4 is 45.1 Å². The van der Waals surface area contributed by atoms with E-state index >= 15 is 0 Å². The highest BCUT2D eigenvalue weighted by molar-refractivity contribution is 6.11. The Morgan fingerprint density at radius 3 is 1.62 bits per heavy atom. The molecule has 7 N–H and O–H groups in total. The van der Waals surface area contributed by atoms with Gasteiger partial charge in [-0.1, -0.05) is 0 Å². The molecule has 0 saturated heterocycles. The first-order valence-electron chi connectivity index (χ1n) is 11.7. The molecule has 0 spiro atoms. The summed E-state index contributed by atoms with van der Waals surface area (Å²) in [5, 5.41) is 44.8. The van der Waals surface area contributed by atoms with Crippen LogP contribution in [-0.4, -0.2) is 37.2 Å². The van der Waals surface area contributed by atoms with Crippen LogP contribution < -0.4 is 21.5 Å². The van der Waals surface area contributed by atoms with Crippen LogP contribution in [0.5, 0.6) is 23.4 Å². The number of aromatic amines is 1. The van der Waals surface area contributed by atoms with E-state index in [-0.39, 0.29) is 61.4 Å². The maximum Gasteiger partial charge on any atom is 0.311 e. The first-order chi connectivity index (χ1) is 18.9. The van der Waals surface area contributed by atoms with Gasteiger partial charge in [0.25, 0.3) is 11.8 Å². The Hall–Kier alpha value is -5.72. The molecule has 3 aromatic heterocycles. The summed E-state index contributed by atoms with van der Waals surface area (Å²) in [5.41, 5.74) is -2.39. The van der Waals surface area contributed by atoms with Crippen molar-refractivity contribution in [2.24, 2.45) is 0 Å². The van der Waals surface area contributed by atoms with Crippen LogP contribution in [0, 0.1) is 20.8 Å². The van der Waals surface area contributed by atoms with Gasteiger partial charge in [0, 0.05) is 17.3 Å². The number of carbonyl (C=O) groups is 2. The summed E-state index contributed by atoms with van der Waals surface area (Å²) in [5.74, 6) is -3.82. The van der Waals surface area contributed by atoms with E-state index in [1.807, 2.05) is 0 Å². The van der Waals surface area contributed by atoms with Crippen molar-refractivity contribution in [3.63, 3.8) is 0 Å². The predicted octanol–water partition coefficient (Wildman–Crippen LogP) is 3.48. The first kappa shape index (κ1) is 25.9. The lowest BCUT2D eigenvalue weighted by molar-refractivity contribution is 0.101. The van der Waals surface area contributed by atoms with Crippen molar-refractivity contribution in [3.8, 4) is 23.4 Å². The van der Waals surface area contributed by atoms with Crippen molar-refractivity contribution in [3.05, 3.63) is 78.9 Å². The summed E-state index contributed by atoms with van der Waals surface area (Å²) in [6.45, 7) is 4.40. The molecule has 5 rings (SSSR count). The van der Waals surface area contributed by atoms with Crippen LogP contribution in [-0.2, 0) is 0 Å². The molecule has 0 aliphatic heterocycles. The van der Waals surface area contributed by atoms with Gasteiger partial charge in [0.15, 0.2) is 11.4 Å². The summed E-state index contributed by atoms with van der Waals surface area (Å²) in [6.07, 6.45) is 1.18. The molecule has 204 valence electrons. The first-order valence-corrected chi connectivity index (χ1v) is 11.7. The number of phenols is 2. The number of nitrogens with one attached hydrogen (secondary N) is 3. The quantitative estimate of drug-likeness (QED) is 0.174. The number of carbonyl (C=O) groups excluding carboxylic acids is 2. The van der Waals surface area contributed by atoms with Crippen molar-refractivity contribution in [1.82, 2.24) is 4.98 Å². The second-order valence-electron chi connectivity index (χ2n) is 9.01. The molecule has 0 aliphatic carbocycles. The second kappa shape index (κ2) is 9.23. The van der Waals surface area contributed by atoms with E-state index in [9.17, 15) is 39.6 Å². The molecule has 0 fully saturated rings. The summed E-state index contributed by atoms with van der Waals surface area (Å²) in [7, 11) is 0. The van der Waals surface area contributed by atoms with Crippen molar-refractivity contribution in [2.45, 2.75) is 20.8 Å². The van der Waals surface area contributed by atoms with Crippen LogP contribution in [0.3, 0.4) is 0 Å².